The molecule has 0 aromatic heterocycles. The molecular formula is C18H30N2O. The Balaban J connectivity index is 2.24. The second-order valence-corrected chi connectivity index (χ2v) is 6.72. The third kappa shape index (κ3) is 3.78. The number of nitrogens with one attached hydrogen (secondary N) is 1. The maximum absolute atomic E-state index is 5.59. The van der Waals surface area contributed by atoms with Crippen LogP contribution in [0.25, 0.3) is 0 Å². The second kappa shape index (κ2) is 6.80. The van der Waals surface area contributed by atoms with Crippen LogP contribution in [0.1, 0.15) is 50.8 Å². The van der Waals surface area contributed by atoms with E-state index in [1.165, 1.54) is 30.5 Å². The minimum atomic E-state index is 0.310. The van der Waals surface area contributed by atoms with Gasteiger partial charge in [-0.2, -0.15) is 0 Å². The summed E-state index contributed by atoms with van der Waals surface area (Å²) < 4.78 is 5.59. The van der Waals surface area contributed by atoms with Gasteiger partial charge in [-0.3, -0.25) is 4.90 Å². The molecular weight excluding hydrogens is 260 g/mol. The summed E-state index contributed by atoms with van der Waals surface area (Å²) in [6.07, 6.45) is 2.59. The van der Waals surface area contributed by atoms with Crippen molar-refractivity contribution in [2.75, 3.05) is 26.7 Å². The number of hydrogen-bond acceptors (Lipinski definition) is 3. The lowest BCUT2D eigenvalue weighted by molar-refractivity contribution is 0.156. The Morgan fingerprint density at radius 1 is 1.38 bits per heavy atom. The first kappa shape index (κ1) is 16.3. The van der Waals surface area contributed by atoms with Crippen molar-refractivity contribution in [2.24, 2.45) is 0 Å². The lowest BCUT2D eigenvalue weighted by atomic mass is 9.98. The van der Waals surface area contributed by atoms with Gasteiger partial charge in [0.2, 0.25) is 0 Å². The van der Waals surface area contributed by atoms with Crippen LogP contribution in [-0.4, -0.2) is 37.2 Å². The maximum atomic E-state index is 5.59. The molecule has 1 aliphatic rings. The minimum Gasteiger partial charge on any atom is -0.496 e. The van der Waals surface area contributed by atoms with Crippen molar-refractivity contribution in [2.45, 2.75) is 52.1 Å². The summed E-state index contributed by atoms with van der Waals surface area (Å²) in [6.45, 7) is 12.2. The van der Waals surface area contributed by atoms with Gasteiger partial charge in [-0.15, -0.1) is 0 Å². The van der Waals surface area contributed by atoms with Crippen LogP contribution >= 0.6 is 0 Å². The smallest absolute Gasteiger partial charge is 0.123 e. The highest BCUT2D eigenvalue weighted by Gasteiger charge is 2.33. The summed E-state index contributed by atoms with van der Waals surface area (Å²) in [4.78, 5) is 2.61. The summed E-state index contributed by atoms with van der Waals surface area (Å²) in [5, 5.41) is 3.64. The van der Waals surface area contributed by atoms with E-state index < -0.39 is 0 Å². The number of benzene rings is 1. The van der Waals surface area contributed by atoms with Gasteiger partial charge in [0, 0.05) is 23.7 Å². The summed E-state index contributed by atoms with van der Waals surface area (Å²) in [6, 6.07) is 6.78. The molecule has 3 nitrogen and oxygen atoms in total. The Labute approximate surface area is 129 Å². The molecule has 1 aromatic rings. The number of likely N-dealkylation sites (tertiary alicyclic amines) is 1. The number of methoxy groups -OCH3 is 1. The molecule has 1 N–H and O–H groups in total. The van der Waals surface area contributed by atoms with Crippen LogP contribution < -0.4 is 10.1 Å². The highest BCUT2D eigenvalue weighted by atomic mass is 16.5. The number of ether oxygens (including phenoxy) is 1. The Morgan fingerprint density at radius 3 is 2.71 bits per heavy atom. The Morgan fingerprint density at radius 2 is 2.14 bits per heavy atom. The van der Waals surface area contributed by atoms with E-state index in [4.69, 9.17) is 4.74 Å². The van der Waals surface area contributed by atoms with Gasteiger partial charge >= 0.3 is 0 Å². The van der Waals surface area contributed by atoms with Crippen molar-refractivity contribution in [1.29, 1.82) is 0 Å². The lowest BCUT2D eigenvalue weighted by Crippen LogP contribution is -2.43. The third-order valence-electron chi connectivity index (χ3n) is 4.69. The molecule has 0 amide bonds. The number of hydrogen-bond donors (Lipinski definition) is 1. The first-order chi connectivity index (χ1) is 9.97. The third-order valence-corrected chi connectivity index (χ3v) is 4.69. The molecule has 0 saturated carbocycles. The monoisotopic (exact) mass is 290 g/mol. The van der Waals surface area contributed by atoms with Gasteiger partial charge < -0.3 is 10.1 Å². The van der Waals surface area contributed by atoms with Crippen LogP contribution in [0.3, 0.4) is 0 Å². The molecule has 118 valence electrons. The van der Waals surface area contributed by atoms with Crippen LogP contribution in [0.15, 0.2) is 18.2 Å². The highest BCUT2D eigenvalue weighted by Crippen LogP contribution is 2.33. The fourth-order valence-corrected chi connectivity index (χ4v) is 3.37. The molecule has 3 heteroatoms. The minimum absolute atomic E-state index is 0.310. The quantitative estimate of drug-likeness (QED) is 0.867. The fourth-order valence-electron chi connectivity index (χ4n) is 3.37. The van der Waals surface area contributed by atoms with Crippen LogP contribution in [0.5, 0.6) is 5.75 Å². The molecule has 1 heterocycles. The molecule has 0 radical (unpaired) electrons. The molecule has 1 unspecified atom stereocenters. The Kier molecular flexibility index (Phi) is 5.28. The van der Waals surface area contributed by atoms with E-state index in [0.29, 0.717) is 11.6 Å². The van der Waals surface area contributed by atoms with Crippen molar-refractivity contribution in [3.63, 3.8) is 0 Å². The van der Waals surface area contributed by atoms with Crippen molar-refractivity contribution in [3.8, 4) is 5.75 Å². The molecule has 0 spiro atoms. The molecule has 1 aromatic carbocycles. The molecule has 1 saturated heterocycles. The normalized spacial score (nSPS) is 19.7. The van der Waals surface area contributed by atoms with Crippen LogP contribution in [-0.2, 0) is 0 Å². The van der Waals surface area contributed by atoms with E-state index >= 15 is 0 Å². The molecule has 1 atom stereocenters. The number of likely N-dealkylation sites (N-methyl/N-ethyl adjacent to an activating group) is 1. The van der Waals surface area contributed by atoms with E-state index in [-0.39, 0.29) is 0 Å². The first-order valence-corrected chi connectivity index (χ1v) is 8.11. The first-order valence-electron chi connectivity index (χ1n) is 8.11. The summed E-state index contributed by atoms with van der Waals surface area (Å²) in [5.74, 6) is 0.989. The van der Waals surface area contributed by atoms with Crippen LogP contribution in [0.2, 0.25) is 0 Å². The second-order valence-electron chi connectivity index (χ2n) is 6.72. The fraction of sp³-hybridized carbons (Fsp3) is 0.667. The predicted octanol–water partition coefficient (Wildman–Crippen LogP) is 3.53. The zero-order valence-electron chi connectivity index (χ0n) is 14.2. The maximum Gasteiger partial charge on any atom is 0.123 e. The molecule has 21 heavy (non-hydrogen) atoms. The van der Waals surface area contributed by atoms with Crippen LogP contribution in [0.4, 0.5) is 0 Å². The van der Waals surface area contributed by atoms with Gasteiger partial charge in [-0.25, -0.2) is 0 Å². The SMILES string of the molecule is CCNC(CN1CCCC1(C)C)c1cc(C)ccc1OC. The average molecular weight is 290 g/mol. The Hall–Kier alpha value is -1.06. The van der Waals surface area contributed by atoms with Gasteiger partial charge in [0.1, 0.15) is 5.75 Å². The van der Waals surface area contributed by atoms with Gasteiger partial charge in [0.25, 0.3) is 0 Å². The number of nitrogens with zero attached hydrogens (tertiary/aromatic N) is 1. The zero-order chi connectivity index (χ0) is 15.5. The molecule has 1 fully saturated rings. The van der Waals surface area contributed by atoms with Gasteiger partial charge in [0.05, 0.1) is 7.11 Å². The van der Waals surface area contributed by atoms with E-state index in [9.17, 15) is 0 Å². The van der Waals surface area contributed by atoms with Gasteiger partial charge in [-0.1, -0.05) is 24.6 Å². The largest absolute Gasteiger partial charge is 0.496 e. The lowest BCUT2D eigenvalue weighted by Gasteiger charge is -2.35. The van der Waals surface area contributed by atoms with Gasteiger partial charge in [-0.05, 0) is 52.8 Å². The van der Waals surface area contributed by atoms with E-state index in [2.05, 4.69) is 56.1 Å². The Bertz CT molecular complexity index is 470. The molecule has 0 aliphatic carbocycles. The van der Waals surface area contributed by atoms with Crippen molar-refractivity contribution in [3.05, 3.63) is 29.3 Å². The van der Waals surface area contributed by atoms with E-state index in [0.717, 1.165) is 18.8 Å². The van der Waals surface area contributed by atoms with Crippen molar-refractivity contribution in [1.82, 2.24) is 10.2 Å². The summed E-state index contributed by atoms with van der Waals surface area (Å²) in [5.41, 5.74) is 2.88. The highest BCUT2D eigenvalue weighted by molar-refractivity contribution is 5.39. The van der Waals surface area contributed by atoms with E-state index in [1.807, 2.05) is 0 Å². The summed E-state index contributed by atoms with van der Waals surface area (Å²) >= 11 is 0. The topological polar surface area (TPSA) is 24.5 Å². The molecule has 0 bridgehead atoms. The van der Waals surface area contributed by atoms with E-state index in [1.54, 1.807) is 7.11 Å². The molecule has 1 aliphatic heterocycles. The predicted molar refractivity (Wildman–Crippen MR) is 89.0 cm³/mol. The van der Waals surface area contributed by atoms with Crippen molar-refractivity contribution >= 4 is 0 Å². The average Bonchev–Trinajstić information content (AvgIpc) is 2.77. The van der Waals surface area contributed by atoms with Crippen LogP contribution in [0, 0.1) is 6.92 Å². The van der Waals surface area contributed by atoms with Gasteiger partial charge in [0.15, 0.2) is 0 Å². The van der Waals surface area contributed by atoms with Crippen molar-refractivity contribution < 1.29 is 4.74 Å². The standard InChI is InChI=1S/C18H30N2O/c1-6-19-16(13-20-11-7-10-18(20,3)4)15-12-14(2)8-9-17(15)21-5/h8-9,12,16,19H,6-7,10-11,13H2,1-5H3. The zero-order valence-corrected chi connectivity index (χ0v) is 14.2. The molecule has 2 rings (SSSR count). The number of aryl methyl sites for hydroxylation is 1. The summed E-state index contributed by atoms with van der Waals surface area (Å²) in [7, 11) is 1.76. The number of rotatable bonds is 6.